The van der Waals surface area contributed by atoms with Gasteiger partial charge in [-0.1, -0.05) is 24.3 Å². The molecule has 17 heteroatoms. The van der Waals surface area contributed by atoms with Crippen molar-refractivity contribution in [3.8, 4) is 5.75 Å². The van der Waals surface area contributed by atoms with E-state index in [4.69, 9.17) is 9.47 Å². The molecule has 3 rings (SSSR count). The molecule has 0 fully saturated rings. The van der Waals surface area contributed by atoms with Crippen molar-refractivity contribution in [2.75, 3.05) is 0 Å². The molecule has 0 spiro atoms. The first-order chi connectivity index (χ1) is 20.5. The zero-order chi connectivity index (χ0) is 32.8. The zero-order valence-electron chi connectivity index (χ0n) is 21.6. The number of amides is 2. The first-order valence-electron chi connectivity index (χ1n) is 11.9. The van der Waals surface area contributed by atoms with E-state index in [1.807, 2.05) is 0 Å². The van der Waals surface area contributed by atoms with E-state index in [2.05, 4.69) is 0 Å². The van der Waals surface area contributed by atoms with Crippen LogP contribution in [0.4, 0.5) is 26.3 Å². The molecule has 3 aromatic rings. The zero-order valence-corrected chi connectivity index (χ0v) is 21.6. The van der Waals surface area contributed by atoms with E-state index in [0.717, 1.165) is 36.4 Å². The number of aliphatic carboxylic acids is 1. The van der Waals surface area contributed by atoms with E-state index >= 15 is 0 Å². The molecule has 4 N–H and O–H groups in total. The second-order valence-electron chi connectivity index (χ2n) is 8.61. The number of alkyl halides is 6. The van der Waals surface area contributed by atoms with Crippen LogP contribution in [0.1, 0.15) is 42.2 Å². The number of carboxylic acid groups (broad SMARTS) is 1. The Balaban J connectivity index is 1.93. The average Bonchev–Trinajstić information content (AvgIpc) is 2.96. The number of carboxylic acids is 1. The van der Waals surface area contributed by atoms with Crippen LogP contribution in [-0.4, -0.2) is 52.1 Å². The van der Waals surface area contributed by atoms with E-state index in [0.29, 0.717) is 24.3 Å². The van der Waals surface area contributed by atoms with E-state index in [1.165, 1.54) is 12.1 Å². The minimum atomic E-state index is -4.93. The Bertz CT molecular complexity index is 1590. The molecule has 0 radical (unpaired) electrons. The number of hydrogen-bond acceptors (Lipinski definition) is 8. The topological polar surface area (TPSA) is 168 Å². The van der Waals surface area contributed by atoms with E-state index in [9.17, 15) is 60.5 Å². The Hall–Kier alpha value is -5.61. The van der Waals surface area contributed by atoms with E-state index in [-0.39, 0.29) is 0 Å². The number of phenols is 1. The number of nitrogens with one attached hydrogen (secondary N) is 2. The molecule has 0 bridgehead atoms. The summed E-state index contributed by atoms with van der Waals surface area (Å²) in [6.45, 7) is 0. The summed E-state index contributed by atoms with van der Waals surface area (Å²) in [6.07, 6.45) is -15.4. The number of halogens is 6. The Kier molecular flexibility index (Phi) is 9.82. The fourth-order valence-corrected chi connectivity index (χ4v) is 3.43. The maximum absolute atomic E-state index is 13.1. The van der Waals surface area contributed by atoms with Gasteiger partial charge in [0.25, 0.3) is 11.8 Å². The third kappa shape index (κ3) is 8.24. The van der Waals surface area contributed by atoms with Gasteiger partial charge in [0.05, 0.1) is 27.8 Å². The smallest absolute Gasteiger partial charge is 0.416 e. The molecule has 0 unspecified atom stereocenters. The maximum Gasteiger partial charge on any atom is 0.416 e. The number of para-hydroxylation sites is 1. The molecule has 0 aromatic heterocycles. The molecule has 2 amide bonds. The summed E-state index contributed by atoms with van der Waals surface area (Å²) in [5, 5.41) is 19.5. The normalized spacial score (nSPS) is 12.8. The highest BCUT2D eigenvalue weighted by molar-refractivity contribution is 6.00. The molecule has 0 aliphatic rings. The fraction of sp³-hybridized carbons (Fsp3) is 0.148. The Morgan fingerprint density at radius 1 is 0.659 bits per heavy atom. The lowest BCUT2D eigenvalue weighted by atomic mass is 10.1. The quantitative estimate of drug-likeness (QED) is 0.165. The summed E-state index contributed by atoms with van der Waals surface area (Å²) < 4.78 is 88.1. The number of carbonyl (C=O) groups excluding carboxylic acids is 4. The van der Waals surface area contributed by atoms with Crippen molar-refractivity contribution >= 4 is 29.7 Å². The molecule has 0 aliphatic heterocycles. The number of hydrogen-bond donors (Lipinski definition) is 4. The van der Waals surface area contributed by atoms with Gasteiger partial charge in [-0.05, 0) is 48.5 Å². The van der Waals surface area contributed by atoms with Crippen LogP contribution in [0.2, 0.25) is 0 Å². The summed E-state index contributed by atoms with van der Waals surface area (Å²) in [7, 11) is 0. The lowest BCUT2D eigenvalue weighted by molar-refractivity contribution is -0.159. The van der Waals surface area contributed by atoms with Gasteiger partial charge in [0.1, 0.15) is 5.75 Å². The van der Waals surface area contributed by atoms with Crippen molar-refractivity contribution in [3.63, 3.8) is 0 Å². The van der Waals surface area contributed by atoms with Gasteiger partial charge < -0.3 is 19.7 Å². The highest BCUT2D eigenvalue weighted by atomic mass is 19.4. The lowest BCUT2D eigenvalue weighted by Crippen LogP contribution is -2.54. The van der Waals surface area contributed by atoms with Crippen LogP contribution in [-0.2, 0) is 31.4 Å². The van der Waals surface area contributed by atoms with Gasteiger partial charge in [-0.25, -0.2) is 14.4 Å². The van der Waals surface area contributed by atoms with Crippen LogP contribution >= 0.6 is 0 Å². The van der Waals surface area contributed by atoms with Gasteiger partial charge in [-0.15, -0.1) is 0 Å². The minimum Gasteiger partial charge on any atom is -0.507 e. The SMILES string of the molecule is O=C(O[C@H](C(=O)NNC(=O)c1ccccc1O)[C@@H](OC(=O)c1cccc(C(F)(F)F)c1)C(=O)O)c1cccc(C(F)(F)F)c1. The molecule has 0 heterocycles. The van der Waals surface area contributed by atoms with Gasteiger partial charge in [-0.3, -0.25) is 20.4 Å². The maximum atomic E-state index is 13.1. The molecule has 11 nitrogen and oxygen atoms in total. The predicted molar refractivity (Wildman–Crippen MR) is 133 cm³/mol. The average molecular weight is 628 g/mol. The molecule has 0 aliphatic carbocycles. The van der Waals surface area contributed by atoms with Crippen molar-refractivity contribution in [3.05, 3.63) is 101 Å². The van der Waals surface area contributed by atoms with Crippen LogP contribution in [0.25, 0.3) is 0 Å². The summed E-state index contributed by atoms with van der Waals surface area (Å²) in [5.41, 5.74) is -1.27. The third-order valence-corrected chi connectivity index (χ3v) is 5.54. The second kappa shape index (κ2) is 13.1. The Morgan fingerprint density at radius 2 is 1.14 bits per heavy atom. The number of esters is 2. The van der Waals surface area contributed by atoms with Crippen LogP contribution in [0.3, 0.4) is 0 Å². The standard InChI is InChI=1S/C27H18F6N2O9/c28-26(29,30)15-7-3-5-13(11-15)24(41)43-19(22(38)35-34-21(37)17-9-1-2-10-18(17)36)20(23(39)40)44-25(42)14-6-4-8-16(12-14)27(31,32)33/h1-12,19-20,36H,(H,34,37)(H,35,38)(H,39,40)/t19-,20+/m0/s1. The third-order valence-electron chi connectivity index (χ3n) is 5.54. The van der Waals surface area contributed by atoms with Crippen molar-refractivity contribution in [2.45, 2.75) is 24.6 Å². The van der Waals surface area contributed by atoms with Crippen LogP contribution in [0.5, 0.6) is 5.75 Å². The van der Waals surface area contributed by atoms with Crippen LogP contribution < -0.4 is 10.9 Å². The van der Waals surface area contributed by atoms with Gasteiger partial charge in [0, 0.05) is 0 Å². The number of phenolic OH excluding ortho intramolecular Hbond substituents is 1. The number of ether oxygens (including phenoxy) is 2. The fourth-order valence-electron chi connectivity index (χ4n) is 3.43. The highest BCUT2D eigenvalue weighted by Crippen LogP contribution is 2.31. The van der Waals surface area contributed by atoms with Crippen molar-refractivity contribution in [2.24, 2.45) is 0 Å². The molecular formula is C27H18F6N2O9. The van der Waals surface area contributed by atoms with Gasteiger partial charge in [0.15, 0.2) is 0 Å². The number of rotatable bonds is 8. The number of hydrazine groups is 1. The van der Waals surface area contributed by atoms with Crippen LogP contribution in [0.15, 0.2) is 72.8 Å². The monoisotopic (exact) mass is 628 g/mol. The van der Waals surface area contributed by atoms with Gasteiger partial charge >= 0.3 is 30.3 Å². The van der Waals surface area contributed by atoms with Crippen molar-refractivity contribution < 1.29 is 70.0 Å². The summed E-state index contributed by atoms with van der Waals surface area (Å²) in [5.74, 6) is -9.07. The predicted octanol–water partition coefficient (Wildman–Crippen LogP) is 3.73. The number of benzene rings is 3. The molecule has 3 aromatic carbocycles. The molecule has 2 atom stereocenters. The summed E-state index contributed by atoms with van der Waals surface area (Å²) in [4.78, 5) is 62.7. The molecule has 0 saturated heterocycles. The molecular weight excluding hydrogens is 610 g/mol. The largest absolute Gasteiger partial charge is 0.507 e. The summed E-state index contributed by atoms with van der Waals surface area (Å²) >= 11 is 0. The first-order valence-corrected chi connectivity index (χ1v) is 11.9. The second-order valence-corrected chi connectivity index (χ2v) is 8.61. The highest BCUT2D eigenvalue weighted by Gasteiger charge is 2.42. The number of aromatic hydroxyl groups is 1. The summed E-state index contributed by atoms with van der Waals surface area (Å²) in [6, 6.07) is 9.89. The van der Waals surface area contributed by atoms with Crippen molar-refractivity contribution in [1.29, 1.82) is 0 Å². The molecule has 44 heavy (non-hydrogen) atoms. The van der Waals surface area contributed by atoms with E-state index < -0.39 is 87.8 Å². The number of carbonyl (C=O) groups is 5. The lowest BCUT2D eigenvalue weighted by Gasteiger charge is -2.24. The Labute approximate surface area is 242 Å². The van der Waals surface area contributed by atoms with Crippen molar-refractivity contribution in [1.82, 2.24) is 10.9 Å². The minimum absolute atomic E-state index is 0.303. The van der Waals surface area contributed by atoms with Gasteiger partial charge in [0.2, 0.25) is 12.2 Å². The van der Waals surface area contributed by atoms with E-state index in [1.54, 1.807) is 10.9 Å². The Morgan fingerprint density at radius 3 is 1.59 bits per heavy atom. The first kappa shape index (κ1) is 32.9. The van der Waals surface area contributed by atoms with Crippen LogP contribution in [0, 0.1) is 0 Å². The van der Waals surface area contributed by atoms with Gasteiger partial charge in [-0.2, -0.15) is 26.3 Å². The molecule has 0 saturated carbocycles. The molecule has 232 valence electrons.